The number of carbonyl (C=O) groups excluding carboxylic acids is 2. The molecule has 27 heavy (non-hydrogen) atoms. The molecule has 8 heteroatoms. The summed E-state index contributed by atoms with van der Waals surface area (Å²) in [5.41, 5.74) is 1.30. The summed E-state index contributed by atoms with van der Waals surface area (Å²) in [4.78, 5) is 25.2. The molecule has 1 atom stereocenters. The van der Waals surface area contributed by atoms with Crippen molar-refractivity contribution in [1.29, 1.82) is 5.26 Å². The fourth-order valence-electron chi connectivity index (χ4n) is 2.27. The molecule has 0 aliphatic heterocycles. The summed E-state index contributed by atoms with van der Waals surface area (Å²) in [7, 11) is 0. The van der Waals surface area contributed by atoms with Crippen LogP contribution in [0.2, 0.25) is 10.0 Å². The number of benzene rings is 2. The third-order valence-corrected chi connectivity index (χ3v) is 4.88. The molecule has 0 bridgehead atoms. The molecule has 2 aromatic rings. The van der Waals surface area contributed by atoms with Crippen LogP contribution in [0.4, 0.5) is 5.69 Å². The van der Waals surface area contributed by atoms with Crippen LogP contribution >= 0.6 is 35.0 Å². The van der Waals surface area contributed by atoms with Gasteiger partial charge in [-0.25, -0.2) is 0 Å². The van der Waals surface area contributed by atoms with Crippen molar-refractivity contribution in [2.75, 3.05) is 17.3 Å². The molecule has 1 unspecified atom stereocenters. The highest BCUT2D eigenvalue weighted by Crippen LogP contribution is 2.21. The Morgan fingerprint density at radius 2 is 1.89 bits per heavy atom. The number of nitrogens with zero attached hydrogens (tertiary/aromatic N) is 1. The first-order valence-corrected chi connectivity index (χ1v) is 10.2. The van der Waals surface area contributed by atoms with Crippen LogP contribution in [0.3, 0.4) is 0 Å². The first-order chi connectivity index (χ1) is 12.9. The predicted molar refractivity (Wildman–Crippen MR) is 111 cm³/mol. The van der Waals surface area contributed by atoms with Crippen molar-refractivity contribution in [1.82, 2.24) is 5.32 Å². The second kappa shape index (κ2) is 10.2. The zero-order valence-electron chi connectivity index (χ0n) is 14.5. The van der Waals surface area contributed by atoms with Crippen molar-refractivity contribution in [3.63, 3.8) is 0 Å². The summed E-state index contributed by atoms with van der Waals surface area (Å²) in [5, 5.41) is 15.0. The normalized spacial score (nSPS) is 11.3. The molecule has 0 saturated heterocycles. The first-order valence-electron chi connectivity index (χ1n) is 8.00. The maximum atomic E-state index is 12.6. The van der Waals surface area contributed by atoms with Crippen molar-refractivity contribution in [3.05, 3.63) is 63.6 Å². The standard InChI is InChI=1S/C19H17Cl2N3O2S/c1-27-9-8-17(19(26)23-14-5-2-12(11-22)3-6-14)24-18(25)15-7-4-13(20)10-16(15)21/h2-7,10,17H,8-9H2,1H3,(H,23,26)(H,24,25). The molecule has 0 aromatic heterocycles. The second-order valence-electron chi connectivity index (χ2n) is 5.61. The Bertz CT molecular complexity index is 866. The van der Waals surface area contributed by atoms with E-state index in [0.717, 1.165) is 0 Å². The molecule has 0 spiro atoms. The minimum Gasteiger partial charge on any atom is -0.340 e. The molecule has 0 aliphatic rings. The van der Waals surface area contributed by atoms with E-state index in [1.165, 1.54) is 12.1 Å². The highest BCUT2D eigenvalue weighted by molar-refractivity contribution is 7.98. The molecule has 2 aromatic carbocycles. The van der Waals surface area contributed by atoms with Gasteiger partial charge in [0.1, 0.15) is 6.04 Å². The maximum Gasteiger partial charge on any atom is 0.253 e. The van der Waals surface area contributed by atoms with Gasteiger partial charge in [0, 0.05) is 10.7 Å². The first kappa shape index (κ1) is 21.1. The van der Waals surface area contributed by atoms with Gasteiger partial charge in [0.15, 0.2) is 0 Å². The van der Waals surface area contributed by atoms with E-state index in [1.54, 1.807) is 42.1 Å². The molecule has 0 radical (unpaired) electrons. The number of amides is 2. The SMILES string of the molecule is CSCCC(NC(=O)c1ccc(Cl)cc1Cl)C(=O)Nc1ccc(C#N)cc1. The van der Waals surface area contributed by atoms with Gasteiger partial charge in [0.05, 0.1) is 22.2 Å². The van der Waals surface area contributed by atoms with Gasteiger partial charge in [-0.3, -0.25) is 9.59 Å². The van der Waals surface area contributed by atoms with E-state index in [2.05, 4.69) is 10.6 Å². The van der Waals surface area contributed by atoms with E-state index in [0.29, 0.717) is 28.4 Å². The van der Waals surface area contributed by atoms with Gasteiger partial charge >= 0.3 is 0 Å². The molecular weight excluding hydrogens is 405 g/mol. The third-order valence-electron chi connectivity index (χ3n) is 3.69. The fraction of sp³-hybridized carbons (Fsp3) is 0.211. The number of carbonyl (C=O) groups is 2. The Kier molecular flexibility index (Phi) is 7.99. The van der Waals surface area contributed by atoms with E-state index in [4.69, 9.17) is 28.5 Å². The lowest BCUT2D eigenvalue weighted by molar-refractivity contribution is -0.118. The molecule has 2 amide bonds. The van der Waals surface area contributed by atoms with E-state index in [-0.39, 0.29) is 16.5 Å². The zero-order chi connectivity index (χ0) is 19.8. The Morgan fingerprint density at radius 3 is 2.48 bits per heavy atom. The third kappa shape index (κ3) is 6.17. The highest BCUT2D eigenvalue weighted by atomic mass is 35.5. The van der Waals surface area contributed by atoms with Crippen LogP contribution in [0, 0.1) is 11.3 Å². The quantitative estimate of drug-likeness (QED) is 0.695. The Labute approximate surface area is 172 Å². The van der Waals surface area contributed by atoms with Crippen molar-refractivity contribution < 1.29 is 9.59 Å². The number of thioether (sulfide) groups is 1. The molecule has 2 rings (SSSR count). The van der Waals surface area contributed by atoms with E-state index in [9.17, 15) is 9.59 Å². The number of halogens is 2. The lowest BCUT2D eigenvalue weighted by atomic mass is 10.1. The molecule has 2 N–H and O–H groups in total. The largest absolute Gasteiger partial charge is 0.340 e. The fourth-order valence-corrected chi connectivity index (χ4v) is 3.24. The smallest absolute Gasteiger partial charge is 0.253 e. The molecule has 0 aliphatic carbocycles. The van der Waals surface area contributed by atoms with E-state index >= 15 is 0 Å². The number of hydrogen-bond acceptors (Lipinski definition) is 4. The average Bonchev–Trinajstić information content (AvgIpc) is 2.65. The number of hydrogen-bond donors (Lipinski definition) is 2. The molecule has 0 fully saturated rings. The van der Waals surface area contributed by atoms with Crippen LogP contribution in [0.25, 0.3) is 0 Å². The maximum absolute atomic E-state index is 12.6. The van der Waals surface area contributed by atoms with Crippen molar-refractivity contribution >= 4 is 52.5 Å². The number of nitriles is 1. The molecule has 140 valence electrons. The van der Waals surface area contributed by atoms with E-state index in [1.807, 2.05) is 12.3 Å². The van der Waals surface area contributed by atoms with Crippen LogP contribution in [0.15, 0.2) is 42.5 Å². The highest BCUT2D eigenvalue weighted by Gasteiger charge is 2.22. The van der Waals surface area contributed by atoms with Crippen molar-refractivity contribution in [2.45, 2.75) is 12.5 Å². The summed E-state index contributed by atoms with van der Waals surface area (Å²) in [6.45, 7) is 0. The zero-order valence-corrected chi connectivity index (χ0v) is 16.8. The minimum atomic E-state index is -0.729. The summed E-state index contributed by atoms with van der Waals surface area (Å²) in [6.07, 6.45) is 2.38. The summed E-state index contributed by atoms with van der Waals surface area (Å²) in [6, 6.07) is 12.3. The van der Waals surface area contributed by atoms with Gasteiger partial charge in [-0.1, -0.05) is 23.2 Å². The lowest BCUT2D eigenvalue weighted by Crippen LogP contribution is -2.44. The van der Waals surface area contributed by atoms with Gasteiger partial charge in [-0.05, 0) is 60.9 Å². The van der Waals surface area contributed by atoms with Crippen LogP contribution in [0.5, 0.6) is 0 Å². The van der Waals surface area contributed by atoms with Gasteiger partial charge < -0.3 is 10.6 Å². The minimum absolute atomic E-state index is 0.219. The lowest BCUT2D eigenvalue weighted by Gasteiger charge is -2.18. The van der Waals surface area contributed by atoms with Gasteiger partial charge in [-0.15, -0.1) is 0 Å². The molecular formula is C19H17Cl2N3O2S. The topological polar surface area (TPSA) is 82.0 Å². The van der Waals surface area contributed by atoms with Crippen LogP contribution in [0.1, 0.15) is 22.3 Å². The van der Waals surface area contributed by atoms with Crippen LogP contribution in [-0.2, 0) is 4.79 Å². The number of rotatable bonds is 7. The van der Waals surface area contributed by atoms with Gasteiger partial charge in [0.25, 0.3) is 5.91 Å². The van der Waals surface area contributed by atoms with Crippen LogP contribution < -0.4 is 10.6 Å². The predicted octanol–water partition coefficient (Wildman–Crippen LogP) is 4.36. The van der Waals surface area contributed by atoms with Gasteiger partial charge in [-0.2, -0.15) is 17.0 Å². The Morgan fingerprint density at radius 1 is 1.19 bits per heavy atom. The molecule has 0 heterocycles. The summed E-state index contributed by atoms with van der Waals surface area (Å²) >= 11 is 13.5. The molecule has 0 saturated carbocycles. The van der Waals surface area contributed by atoms with Crippen molar-refractivity contribution in [2.24, 2.45) is 0 Å². The number of anilines is 1. The average molecular weight is 422 g/mol. The second-order valence-corrected chi connectivity index (χ2v) is 7.44. The van der Waals surface area contributed by atoms with Gasteiger partial charge in [0.2, 0.25) is 5.91 Å². The molecule has 5 nitrogen and oxygen atoms in total. The summed E-state index contributed by atoms with van der Waals surface area (Å²) < 4.78 is 0. The Balaban J connectivity index is 2.11. The van der Waals surface area contributed by atoms with E-state index < -0.39 is 11.9 Å². The monoisotopic (exact) mass is 421 g/mol. The van der Waals surface area contributed by atoms with Crippen LogP contribution in [-0.4, -0.2) is 29.9 Å². The Hall–Kier alpha value is -2.20. The number of nitrogens with one attached hydrogen (secondary N) is 2. The summed E-state index contributed by atoms with van der Waals surface area (Å²) in [5.74, 6) is -0.0926. The van der Waals surface area contributed by atoms with Crippen molar-refractivity contribution in [3.8, 4) is 6.07 Å².